The molecule has 1 aliphatic rings. The van der Waals surface area contributed by atoms with Crippen molar-refractivity contribution in [2.45, 2.75) is 13.0 Å². The van der Waals surface area contributed by atoms with Gasteiger partial charge in [-0.15, -0.1) is 11.3 Å². The number of nitrogens with zero attached hydrogens (tertiary/aromatic N) is 2. The molecule has 2 aromatic heterocycles. The van der Waals surface area contributed by atoms with E-state index in [1.165, 1.54) is 9.78 Å². The molecule has 8 heteroatoms. The molecule has 6 nitrogen and oxygen atoms in total. The first-order valence-corrected chi connectivity index (χ1v) is 9.77. The summed E-state index contributed by atoms with van der Waals surface area (Å²) in [5.41, 5.74) is 1.71. The lowest BCUT2D eigenvalue weighted by Crippen LogP contribution is -3.08. The Balaban J connectivity index is 1.98. The maximum Gasteiger partial charge on any atom is 0.268 e. The highest BCUT2D eigenvalue weighted by Gasteiger charge is 2.26. The van der Waals surface area contributed by atoms with E-state index < -0.39 is 0 Å². The molecule has 0 spiro atoms. The Hall–Kier alpha value is -1.93. The molecule has 0 bridgehead atoms. The van der Waals surface area contributed by atoms with E-state index in [9.17, 15) is 9.90 Å². The van der Waals surface area contributed by atoms with Crippen LogP contribution in [-0.4, -0.2) is 41.4 Å². The summed E-state index contributed by atoms with van der Waals surface area (Å²) in [5, 5.41) is 13.5. The van der Waals surface area contributed by atoms with Crippen molar-refractivity contribution in [2.24, 2.45) is 0 Å². The number of aliphatic hydroxyl groups is 1. The van der Waals surface area contributed by atoms with Crippen molar-refractivity contribution < 1.29 is 10.0 Å². The van der Waals surface area contributed by atoms with Crippen LogP contribution in [0.25, 0.3) is 15.9 Å². The molecule has 1 atom stereocenters. The van der Waals surface area contributed by atoms with Gasteiger partial charge in [-0.3, -0.25) is 4.79 Å². The molecule has 136 valence electrons. The van der Waals surface area contributed by atoms with E-state index in [0.717, 1.165) is 29.9 Å². The Morgan fingerprint density at radius 1 is 1.46 bits per heavy atom. The van der Waals surface area contributed by atoms with Crippen molar-refractivity contribution in [1.82, 2.24) is 9.55 Å². The van der Waals surface area contributed by atoms with Crippen molar-refractivity contribution >= 4 is 39.1 Å². The Morgan fingerprint density at radius 3 is 3.08 bits per heavy atom. The zero-order valence-electron chi connectivity index (χ0n) is 14.4. The number of aromatic nitrogens is 2. The molecule has 0 saturated heterocycles. The summed E-state index contributed by atoms with van der Waals surface area (Å²) in [5.74, 6) is 0.429. The molecule has 0 aliphatic carbocycles. The van der Waals surface area contributed by atoms with Crippen molar-refractivity contribution in [1.29, 1.82) is 0 Å². The lowest BCUT2D eigenvalue weighted by molar-refractivity contribution is -0.895. The number of thiophene rings is 1. The molecule has 1 unspecified atom stereocenters. The van der Waals surface area contributed by atoms with Gasteiger partial charge in [0.2, 0.25) is 5.95 Å². The second-order valence-electron chi connectivity index (χ2n) is 6.52. The first-order chi connectivity index (χ1) is 12.6. The predicted octanol–water partition coefficient (Wildman–Crippen LogP) is 1.08. The average Bonchev–Trinajstić information content (AvgIpc) is 2.97. The molecule has 3 N–H and O–H groups in total. The highest BCUT2D eigenvalue weighted by atomic mass is 35.5. The van der Waals surface area contributed by atoms with Gasteiger partial charge in [-0.05, 0) is 23.8 Å². The Kier molecular flexibility index (Phi) is 4.71. The fourth-order valence-electron chi connectivity index (χ4n) is 3.40. The third-order valence-corrected chi connectivity index (χ3v) is 5.99. The van der Waals surface area contributed by atoms with E-state index in [1.807, 2.05) is 12.1 Å². The Morgan fingerprint density at radius 2 is 2.31 bits per heavy atom. The highest BCUT2D eigenvalue weighted by molar-refractivity contribution is 7.18. The maximum atomic E-state index is 13.4. The minimum Gasteiger partial charge on any atom is -0.395 e. The van der Waals surface area contributed by atoms with Crippen LogP contribution in [0.2, 0.25) is 5.02 Å². The number of anilines is 1. The Bertz CT molecular complexity index is 1030. The van der Waals surface area contributed by atoms with Crippen LogP contribution >= 0.6 is 22.9 Å². The van der Waals surface area contributed by atoms with Gasteiger partial charge >= 0.3 is 0 Å². The van der Waals surface area contributed by atoms with Crippen LogP contribution in [0, 0.1) is 0 Å². The zero-order chi connectivity index (χ0) is 18.3. The molecule has 0 radical (unpaired) electrons. The largest absolute Gasteiger partial charge is 0.395 e. The van der Waals surface area contributed by atoms with E-state index in [0.29, 0.717) is 28.6 Å². The van der Waals surface area contributed by atoms with Crippen molar-refractivity contribution in [3.05, 3.63) is 50.1 Å². The van der Waals surface area contributed by atoms with Crippen molar-refractivity contribution in [3.63, 3.8) is 0 Å². The summed E-state index contributed by atoms with van der Waals surface area (Å²) in [6.07, 6.45) is 0.886. The smallest absolute Gasteiger partial charge is 0.268 e. The van der Waals surface area contributed by atoms with E-state index in [1.54, 1.807) is 28.0 Å². The number of nitrogens with one attached hydrogen (secondary N) is 2. The molecule has 3 heterocycles. The van der Waals surface area contributed by atoms with E-state index >= 15 is 0 Å². The van der Waals surface area contributed by atoms with Crippen LogP contribution < -0.4 is 15.8 Å². The molecule has 1 aromatic carbocycles. The molecule has 4 rings (SSSR count). The molecule has 26 heavy (non-hydrogen) atoms. The van der Waals surface area contributed by atoms with Gasteiger partial charge in [-0.25, -0.2) is 9.55 Å². The van der Waals surface area contributed by atoms with Gasteiger partial charge in [0.15, 0.2) is 0 Å². The summed E-state index contributed by atoms with van der Waals surface area (Å²) < 4.78 is 1.56. The third kappa shape index (κ3) is 3.01. The number of fused-ring (bicyclic) bond motifs is 3. The van der Waals surface area contributed by atoms with Gasteiger partial charge in [0.25, 0.3) is 5.56 Å². The van der Waals surface area contributed by atoms with Crippen molar-refractivity contribution in [3.8, 4) is 5.69 Å². The van der Waals surface area contributed by atoms with Crippen LogP contribution in [0.15, 0.2) is 29.1 Å². The standard InChI is InChI=1S/C18H19ClN4O2S/c1-22-7-5-13-14(10-22)26-16-15(13)17(25)23(18(21-16)20-6-8-24)12-4-2-3-11(19)9-12/h2-4,9,24H,5-8,10H2,1H3,(H,20,21)/p+1. The lowest BCUT2D eigenvalue weighted by Gasteiger charge is -2.19. The summed E-state index contributed by atoms with van der Waals surface area (Å²) in [4.78, 5) is 21.6. The average molecular weight is 392 g/mol. The number of benzene rings is 1. The third-order valence-electron chi connectivity index (χ3n) is 4.63. The topological polar surface area (TPSA) is 71.6 Å². The summed E-state index contributed by atoms with van der Waals surface area (Å²) >= 11 is 7.73. The number of aliphatic hydroxyl groups excluding tert-OH is 1. The van der Waals surface area contributed by atoms with Gasteiger partial charge in [0.05, 0.1) is 36.2 Å². The van der Waals surface area contributed by atoms with Gasteiger partial charge in [0, 0.05) is 18.0 Å². The normalized spacial score (nSPS) is 16.7. The molecule has 0 amide bonds. The van der Waals surface area contributed by atoms with E-state index in [2.05, 4.69) is 12.4 Å². The first kappa shape index (κ1) is 17.5. The van der Waals surface area contributed by atoms with Gasteiger partial charge in [0.1, 0.15) is 11.4 Å². The monoisotopic (exact) mass is 391 g/mol. The fraction of sp³-hybridized carbons (Fsp3) is 0.333. The molecular formula is C18H20ClN4O2S+. The summed E-state index contributed by atoms with van der Waals surface area (Å²) in [6.45, 7) is 2.21. The zero-order valence-corrected chi connectivity index (χ0v) is 16.0. The molecule has 3 aromatic rings. The van der Waals surface area contributed by atoms with Gasteiger partial charge in [-0.2, -0.15) is 0 Å². The van der Waals surface area contributed by atoms with Crippen LogP contribution in [0.4, 0.5) is 5.95 Å². The number of halogens is 1. The quantitative estimate of drug-likeness (QED) is 0.622. The number of likely N-dealkylation sites (N-methyl/N-ethyl adjacent to an activating group) is 1. The second-order valence-corrected chi connectivity index (χ2v) is 8.04. The van der Waals surface area contributed by atoms with Gasteiger partial charge in [-0.1, -0.05) is 17.7 Å². The summed E-state index contributed by atoms with van der Waals surface area (Å²) in [7, 11) is 2.17. The number of rotatable bonds is 4. The van der Waals surface area contributed by atoms with Gasteiger partial charge < -0.3 is 15.3 Å². The molecule has 0 fully saturated rings. The minimum absolute atomic E-state index is 0.0431. The minimum atomic E-state index is -0.0882. The number of quaternary nitrogens is 1. The predicted molar refractivity (Wildman–Crippen MR) is 105 cm³/mol. The summed E-state index contributed by atoms with van der Waals surface area (Å²) in [6, 6.07) is 7.17. The molecule has 1 aliphatic heterocycles. The van der Waals surface area contributed by atoms with Crippen LogP contribution in [0.5, 0.6) is 0 Å². The van der Waals surface area contributed by atoms with E-state index in [4.69, 9.17) is 16.6 Å². The highest BCUT2D eigenvalue weighted by Crippen LogP contribution is 2.30. The Labute approximate surface area is 159 Å². The fourth-order valence-corrected chi connectivity index (χ4v) is 4.91. The number of hydrogen-bond donors (Lipinski definition) is 3. The van der Waals surface area contributed by atoms with Crippen LogP contribution in [-0.2, 0) is 13.0 Å². The number of hydrogen-bond acceptors (Lipinski definition) is 5. The second kappa shape index (κ2) is 7.00. The molecular weight excluding hydrogens is 372 g/mol. The van der Waals surface area contributed by atoms with Crippen LogP contribution in [0.1, 0.15) is 10.4 Å². The SMILES string of the molecule is C[NH+]1CCc2c(sc3nc(NCCO)n(-c4cccc(Cl)c4)c(=O)c23)C1. The lowest BCUT2D eigenvalue weighted by atomic mass is 10.1. The van der Waals surface area contributed by atoms with Crippen molar-refractivity contribution in [2.75, 3.05) is 32.1 Å². The maximum absolute atomic E-state index is 13.4. The first-order valence-electron chi connectivity index (χ1n) is 8.57. The van der Waals surface area contributed by atoms with E-state index in [-0.39, 0.29) is 12.2 Å². The molecule has 0 saturated carbocycles. The van der Waals surface area contributed by atoms with Crippen LogP contribution in [0.3, 0.4) is 0 Å².